The van der Waals surface area contributed by atoms with Crippen molar-refractivity contribution < 1.29 is 28.7 Å². The van der Waals surface area contributed by atoms with Gasteiger partial charge in [-0.05, 0) is 30.9 Å². The normalized spacial score (nSPS) is 12.5. The number of amides is 2. The third-order valence-electron chi connectivity index (χ3n) is 5.53. The zero-order valence-electron chi connectivity index (χ0n) is 20.9. The van der Waals surface area contributed by atoms with Crippen molar-refractivity contribution >= 4 is 34.7 Å². The highest BCUT2D eigenvalue weighted by Gasteiger charge is 2.28. The van der Waals surface area contributed by atoms with Gasteiger partial charge in [-0.3, -0.25) is 14.4 Å². The third kappa shape index (κ3) is 9.42. The second-order valence-corrected chi connectivity index (χ2v) is 8.51. The molecule has 1 aromatic heterocycles. The molecule has 2 atom stereocenters. The summed E-state index contributed by atoms with van der Waals surface area (Å²) in [5.41, 5.74) is 1.78. The number of carbonyl (C=O) groups excluding carboxylic acids is 4. The fourth-order valence-corrected chi connectivity index (χ4v) is 3.58. The number of aromatic nitrogens is 1. The second-order valence-electron chi connectivity index (χ2n) is 8.51. The molecule has 9 heteroatoms. The minimum Gasteiger partial charge on any atom is -0.466 e. The van der Waals surface area contributed by atoms with Crippen molar-refractivity contribution in [3.63, 3.8) is 0 Å². The van der Waals surface area contributed by atoms with Crippen molar-refractivity contribution in [3.8, 4) is 0 Å². The lowest BCUT2D eigenvalue weighted by molar-refractivity contribution is -0.148. The summed E-state index contributed by atoms with van der Waals surface area (Å²) in [5, 5.41) is 6.25. The molecular formula is C26H37N3O6. The molecule has 0 bridgehead atoms. The molecule has 0 aliphatic heterocycles. The minimum atomic E-state index is -0.986. The molecule has 0 saturated heterocycles. The van der Waals surface area contributed by atoms with Gasteiger partial charge in [-0.25, -0.2) is 4.79 Å². The van der Waals surface area contributed by atoms with Gasteiger partial charge in [0, 0.05) is 36.9 Å². The molecule has 0 spiro atoms. The van der Waals surface area contributed by atoms with E-state index < -0.39 is 35.8 Å². The molecule has 2 unspecified atom stereocenters. The standard InChI is InChI=1S/C26H37N3O6/c1-4-6-14-34-24(31)13-12-22(28-18(3)30)25(32)29-23(26(33)35-15-7-5-2)16-19-17-27-21-11-9-8-10-20(19)21/h8-11,17,22-23,27H,4-7,12-16H2,1-3H3,(H,28,30)(H,29,32). The Bertz CT molecular complexity index is 986. The summed E-state index contributed by atoms with van der Waals surface area (Å²) in [6.45, 7) is 5.86. The van der Waals surface area contributed by atoms with Gasteiger partial charge in [-0.1, -0.05) is 44.9 Å². The van der Waals surface area contributed by atoms with Crippen LogP contribution in [0.2, 0.25) is 0 Å². The van der Waals surface area contributed by atoms with Gasteiger partial charge in [0.2, 0.25) is 11.8 Å². The molecule has 0 aliphatic rings. The highest BCUT2D eigenvalue weighted by Crippen LogP contribution is 2.19. The van der Waals surface area contributed by atoms with Gasteiger partial charge in [0.25, 0.3) is 0 Å². The number of para-hydroxylation sites is 1. The second kappa shape index (κ2) is 14.8. The molecule has 2 rings (SSSR count). The third-order valence-corrected chi connectivity index (χ3v) is 5.53. The van der Waals surface area contributed by atoms with E-state index >= 15 is 0 Å². The number of carbonyl (C=O) groups is 4. The quantitative estimate of drug-likeness (QED) is 0.262. The molecule has 3 N–H and O–H groups in total. The van der Waals surface area contributed by atoms with Gasteiger partial charge < -0.3 is 25.1 Å². The number of rotatable bonds is 15. The number of ether oxygens (including phenoxy) is 2. The van der Waals surface area contributed by atoms with Gasteiger partial charge >= 0.3 is 11.9 Å². The van der Waals surface area contributed by atoms with Crippen molar-refractivity contribution in [1.29, 1.82) is 0 Å². The van der Waals surface area contributed by atoms with E-state index in [4.69, 9.17) is 9.47 Å². The monoisotopic (exact) mass is 487 g/mol. The maximum absolute atomic E-state index is 13.1. The molecule has 192 valence electrons. The first-order chi connectivity index (χ1) is 16.8. The van der Waals surface area contributed by atoms with Crippen molar-refractivity contribution in [2.45, 2.75) is 77.8 Å². The average molecular weight is 488 g/mol. The molecule has 0 saturated carbocycles. The highest BCUT2D eigenvalue weighted by atomic mass is 16.5. The SMILES string of the molecule is CCCCOC(=O)CCC(NC(C)=O)C(=O)NC(Cc1c[nH]c2ccccc12)C(=O)OCCCC. The maximum Gasteiger partial charge on any atom is 0.328 e. The molecule has 0 radical (unpaired) electrons. The summed E-state index contributed by atoms with van der Waals surface area (Å²) in [6, 6.07) is 5.74. The number of hydrogen-bond donors (Lipinski definition) is 3. The van der Waals surface area contributed by atoms with Gasteiger partial charge in [-0.2, -0.15) is 0 Å². The number of aromatic amines is 1. The van der Waals surface area contributed by atoms with Crippen LogP contribution in [0.1, 0.15) is 64.9 Å². The maximum atomic E-state index is 13.1. The summed E-state index contributed by atoms with van der Waals surface area (Å²) in [5.74, 6) is -1.95. The van der Waals surface area contributed by atoms with Crippen LogP contribution in [0.3, 0.4) is 0 Å². The summed E-state index contributed by atoms with van der Waals surface area (Å²) in [4.78, 5) is 52.8. The van der Waals surface area contributed by atoms with E-state index in [9.17, 15) is 19.2 Å². The van der Waals surface area contributed by atoms with Crippen LogP contribution in [0.5, 0.6) is 0 Å². The van der Waals surface area contributed by atoms with E-state index in [1.165, 1.54) is 6.92 Å². The largest absolute Gasteiger partial charge is 0.466 e. The fourth-order valence-electron chi connectivity index (χ4n) is 3.58. The molecule has 1 heterocycles. The van der Waals surface area contributed by atoms with Crippen molar-refractivity contribution in [2.75, 3.05) is 13.2 Å². The summed E-state index contributed by atoms with van der Waals surface area (Å²) in [6.07, 6.45) is 5.29. The Hall–Kier alpha value is -3.36. The number of fused-ring (bicyclic) bond motifs is 1. The van der Waals surface area contributed by atoms with E-state index in [1.807, 2.05) is 38.1 Å². The molecule has 9 nitrogen and oxygen atoms in total. The predicted molar refractivity (Wildman–Crippen MR) is 133 cm³/mol. The molecular weight excluding hydrogens is 450 g/mol. The first-order valence-electron chi connectivity index (χ1n) is 12.3. The van der Waals surface area contributed by atoms with Crippen LogP contribution in [0.4, 0.5) is 0 Å². The first kappa shape index (κ1) is 27.9. The molecule has 2 aromatic rings. The van der Waals surface area contributed by atoms with Gasteiger partial charge in [0.05, 0.1) is 13.2 Å². The molecule has 2 amide bonds. The number of esters is 2. The van der Waals surface area contributed by atoms with Crippen molar-refractivity contribution in [1.82, 2.24) is 15.6 Å². The van der Waals surface area contributed by atoms with Crippen molar-refractivity contribution in [2.24, 2.45) is 0 Å². The highest BCUT2D eigenvalue weighted by molar-refractivity contribution is 5.91. The van der Waals surface area contributed by atoms with Crippen LogP contribution >= 0.6 is 0 Å². The Morgan fingerprint density at radius 3 is 2.31 bits per heavy atom. The van der Waals surface area contributed by atoms with Crippen molar-refractivity contribution in [3.05, 3.63) is 36.0 Å². The molecule has 0 aliphatic carbocycles. The topological polar surface area (TPSA) is 127 Å². The van der Waals surface area contributed by atoms with Crippen LogP contribution in [0.25, 0.3) is 10.9 Å². The van der Waals surface area contributed by atoms with Crippen LogP contribution in [-0.2, 0) is 35.1 Å². The Morgan fingerprint density at radius 1 is 0.943 bits per heavy atom. The molecule has 35 heavy (non-hydrogen) atoms. The van der Waals surface area contributed by atoms with E-state index in [0.29, 0.717) is 13.0 Å². The smallest absolute Gasteiger partial charge is 0.328 e. The summed E-state index contributed by atoms with van der Waals surface area (Å²) in [7, 11) is 0. The summed E-state index contributed by atoms with van der Waals surface area (Å²) >= 11 is 0. The summed E-state index contributed by atoms with van der Waals surface area (Å²) < 4.78 is 10.5. The van der Waals surface area contributed by atoms with E-state index in [-0.39, 0.29) is 25.9 Å². The van der Waals surface area contributed by atoms with Gasteiger partial charge in [0.1, 0.15) is 12.1 Å². The molecule has 1 aromatic carbocycles. The lowest BCUT2D eigenvalue weighted by Crippen LogP contribution is -2.52. The Balaban J connectivity index is 2.12. The van der Waals surface area contributed by atoms with E-state index in [2.05, 4.69) is 15.6 Å². The van der Waals surface area contributed by atoms with Gasteiger partial charge in [-0.15, -0.1) is 0 Å². The van der Waals surface area contributed by atoms with Crippen LogP contribution in [0, 0.1) is 0 Å². The number of nitrogens with one attached hydrogen (secondary N) is 3. The van der Waals surface area contributed by atoms with Crippen LogP contribution < -0.4 is 10.6 Å². The average Bonchev–Trinajstić information content (AvgIpc) is 3.24. The number of H-pyrrole nitrogens is 1. The Morgan fingerprint density at radius 2 is 1.63 bits per heavy atom. The lowest BCUT2D eigenvalue weighted by Gasteiger charge is -2.22. The van der Waals surface area contributed by atoms with Gasteiger partial charge in [0.15, 0.2) is 0 Å². The minimum absolute atomic E-state index is 0.0316. The predicted octanol–water partition coefficient (Wildman–Crippen LogP) is 3.17. The number of benzene rings is 1. The first-order valence-corrected chi connectivity index (χ1v) is 12.3. The van der Waals surface area contributed by atoms with Crippen LogP contribution in [0.15, 0.2) is 30.5 Å². The van der Waals surface area contributed by atoms with Crippen LogP contribution in [-0.4, -0.2) is 54.0 Å². The molecule has 0 fully saturated rings. The zero-order valence-corrected chi connectivity index (χ0v) is 20.9. The number of hydrogen-bond acceptors (Lipinski definition) is 6. The zero-order chi connectivity index (χ0) is 25.6. The fraction of sp³-hybridized carbons (Fsp3) is 0.538. The number of unbranched alkanes of at least 4 members (excludes halogenated alkanes) is 2. The lowest BCUT2D eigenvalue weighted by atomic mass is 10.0. The Labute approximate surface area is 206 Å². The van der Waals surface area contributed by atoms with E-state index in [0.717, 1.165) is 35.7 Å². The Kier molecular flexibility index (Phi) is 11.8. The van der Waals surface area contributed by atoms with E-state index in [1.54, 1.807) is 6.20 Å².